The van der Waals surface area contributed by atoms with Crippen molar-refractivity contribution in [2.24, 2.45) is 0 Å². The van der Waals surface area contributed by atoms with Crippen molar-refractivity contribution in [2.45, 2.75) is 65.5 Å². The lowest BCUT2D eigenvalue weighted by Gasteiger charge is -2.27. The fraction of sp³-hybridized carbons (Fsp3) is 0.278. The van der Waals surface area contributed by atoms with Crippen LogP contribution in [0.5, 0.6) is 5.75 Å². The fourth-order valence-corrected chi connectivity index (χ4v) is 5.33. The molecule has 0 saturated heterocycles. The number of nitrogens with one attached hydrogen (secondary N) is 4. The van der Waals surface area contributed by atoms with Gasteiger partial charge in [0.25, 0.3) is 0 Å². The van der Waals surface area contributed by atoms with Gasteiger partial charge in [0.15, 0.2) is 47.6 Å². The zero-order chi connectivity index (χ0) is 39.1. The highest BCUT2D eigenvalue weighted by Gasteiger charge is 2.24. The third-order valence-electron chi connectivity index (χ3n) is 7.59. The molecule has 4 aromatic heterocycles. The fourth-order valence-electron chi connectivity index (χ4n) is 5.33. The lowest BCUT2D eigenvalue weighted by molar-refractivity contribution is -2.00. The summed E-state index contributed by atoms with van der Waals surface area (Å²) in [7, 11) is -9.89. The van der Waals surface area contributed by atoms with Crippen LogP contribution in [-0.2, 0) is 44.7 Å². The number of rotatable bonds is 12. The van der Waals surface area contributed by atoms with E-state index in [1.54, 1.807) is 0 Å². The van der Waals surface area contributed by atoms with Crippen molar-refractivity contribution in [3.05, 3.63) is 149 Å². The third kappa shape index (κ3) is 22.2. The van der Waals surface area contributed by atoms with Gasteiger partial charge >= 0.3 is 0 Å². The van der Waals surface area contributed by atoms with Crippen LogP contribution in [0.1, 0.15) is 60.2 Å². The van der Waals surface area contributed by atoms with E-state index in [9.17, 15) is 5.11 Å². The summed E-state index contributed by atoms with van der Waals surface area (Å²) in [5.41, 5.74) is 7.49. The molecule has 7 N–H and O–H groups in total. The topological polar surface area (TPSA) is 299 Å². The summed E-state index contributed by atoms with van der Waals surface area (Å²) in [6, 6.07) is 29.0. The lowest BCUT2D eigenvalue weighted by atomic mass is 9.84. The van der Waals surface area contributed by atoms with E-state index >= 15 is 0 Å². The lowest BCUT2D eigenvalue weighted by Crippen LogP contribution is -3.00. The molecule has 5 rings (SSSR count). The number of phenols is 1. The summed E-state index contributed by atoms with van der Waals surface area (Å²) in [5.74, 6) is 0.367. The molecule has 0 aliphatic heterocycles. The summed E-state index contributed by atoms with van der Waals surface area (Å²) in [6.07, 6.45) is 7.84. The van der Waals surface area contributed by atoms with Gasteiger partial charge in [0.1, 0.15) is 5.75 Å². The number of hydrogen-bond donors (Lipinski definition) is 1. The van der Waals surface area contributed by atoms with Crippen LogP contribution in [0.2, 0.25) is 0 Å². The Bertz CT molecular complexity index is 1570. The van der Waals surface area contributed by atoms with Crippen LogP contribution in [0, 0.1) is 20.5 Å². The highest BCUT2D eigenvalue weighted by atomic mass is 35.7. The van der Waals surface area contributed by atoms with Crippen LogP contribution in [0.25, 0.3) is 0 Å². The Morgan fingerprint density at radius 1 is 0.500 bits per heavy atom. The monoisotopic (exact) mass is 862 g/mol. The summed E-state index contributed by atoms with van der Waals surface area (Å²) in [5, 5.41) is 11.9. The highest BCUT2D eigenvalue weighted by molar-refractivity contribution is 5.46. The minimum Gasteiger partial charge on any atom is -1.00 e. The van der Waals surface area contributed by atoms with E-state index in [0.29, 0.717) is 18.8 Å². The number of hydrogen-bond acceptors (Lipinski definition) is 11. The third-order valence-corrected chi connectivity index (χ3v) is 7.59. The number of aromatic nitrogens is 4. The van der Waals surface area contributed by atoms with Gasteiger partial charge in [0.2, 0.25) is 0 Å². The van der Waals surface area contributed by atoms with Gasteiger partial charge in [0, 0.05) is 72.7 Å². The molecule has 56 heavy (non-hydrogen) atoms. The molecule has 0 atom stereocenters. The summed E-state index contributed by atoms with van der Waals surface area (Å²) >= 11 is 0. The second kappa shape index (κ2) is 24.9. The first-order chi connectivity index (χ1) is 24.8. The summed E-state index contributed by atoms with van der Waals surface area (Å²) in [6.45, 7) is 10.8. The normalized spacial score (nSPS) is 11.2. The standard InChI is InChI=1S/C36H40N6O.2ClHO4.2ClH.H2O/c1-36(2,3)30-20-28(22-41(24-31-12-4-8-16-37-31)25-32-13-5-9-17-38-32)35(43)29(21-30)23-42(26-33-14-6-10-18-39-33)27-34-15-7-11-19-40-34;2*2-1(3,4)5;;;/h4-21,43H,22-27H2,1-3H3;2*(H,2,3,4,5);2*1H;1H2. The average Bonchev–Trinajstić information content (AvgIpc) is 3.06. The van der Waals surface area contributed by atoms with Gasteiger partial charge in [0.05, 0.1) is 26.2 Å². The molecule has 0 saturated carbocycles. The van der Waals surface area contributed by atoms with Gasteiger partial charge in [-0.2, -0.15) is 0 Å². The SMILES string of the molecule is CC(C)(C)c1cc(CN(Cc2cccc[nH+]2)Cc2cccc[nH+]2)c(O)c(CN(Cc2cccc[nH+]2)Cc2cccc[nH+]2)c1.O.[Cl-].[Cl-].[O-][Cl+3]([O-])([O-])[O-].[O-][Cl+3]([O-])([O-])[O-]. The Morgan fingerprint density at radius 2 is 0.750 bits per heavy atom. The molecule has 0 radical (unpaired) electrons. The number of aromatic amines is 4. The maximum atomic E-state index is 11.9. The molecule has 4 heterocycles. The second-order valence-corrected chi connectivity index (χ2v) is 14.5. The van der Waals surface area contributed by atoms with E-state index in [4.69, 9.17) is 37.3 Å². The minimum absolute atomic E-state index is 0. The van der Waals surface area contributed by atoms with Gasteiger partial charge in [-0.05, 0) is 11.0 Å². The Kier molecular flexibility index (Phi) is 23.2. The number of phenolic OH excluding ortho intramolecular Hbond substituents is 1. The van der Waals surface area contributed by atoms with Crippen molar-refractivity contribution in [1.29, 1.82) is 0 Å². The smallest absolute Gasteiger partial charge is 0.193 e. The molecular weight excluding hydrogens is 818 g/mol. The van der Waals surface area contributed by atoms with Crippen molar-refractivity contribution in [3.63, 3.8) is 0 Å². The van der Waals surface area contributed by atoms with E-state index in [0.717, 1.165) is 60.1 Å². The zero-order valence-electron chi connectivity index (χ0n) is 30.8. The average molecular weight is 865 g/mol. The number of benzene rings is 1. The maximum absolute atomic E-state index is 11.9. The van der Waals surface area contributed by atoms with Crippen molar-refractivity contribution in [1.82, 2.24) is 9.80 Å². The molecule has 308 valence electrons. The van der Waals surface area contributed by atoms with Crippen molar-refractivity contribution in [3.8, 4) is 5.75 Å². The van der Waals surface area contributed by atoms with Gasteiger partial charge in [-0.15, -0.1) is 20.5 Å². The number of aromatic hydroxyl groups is 1. The van der Waals surface area contributed by atoms with E-state index in [-0.39, 0.29) is 35.7 Å². The van der Waals surface area contributed by atoms with Crippen LogP contribution in [-0.4, -0.2) is 20.4 Å². The molecule has 16 nitrogen and oxygen atoms in total. The Balaban J connectivity index is 0.00000207. The molecular formula is C36H46Cl4N6O10. The highest BCUT2D eigenvalue weighted by Crippen LogP contribution is 2.33. The number of nitrogens with zero attached hydrogens (tertiary/aromatic N) is 2. The Hall–Kier alpha value is -3.66. The maximum Gasteiger partial charge on any atom is 0.193 e. The second-order valence-electron chi connectivity index (χ2n) is 13.0. The number of H-pyrrole nitrogens is 4. The Morgan fingerprint density at radius 3 is 0.946 bits per heavy atom. The zero-order valence-corrected chi connectivity index (χ0v) is 33.8. The molecule has 1 aromatic carbocycles. The molecule has 0 amide bonds. The number of halogens is 4. The van der Waals surface area contributed by atoms with E-state index < -0.39 is 20.5 Å². The summed E-state index contributed by atoms with van der Waals surface area (Å²) < 4.78 is 67.9. The predicted octanol–water partition coefficient (Wildman–Crippen LogP) is -12.0. The first-order valence-electron chi connectivity index (χ1n) is 16.2. The van der Waals surface area contributed by atoms with Gasteiger partial charge in [-0.3, -0.25) is 9.80 Å². The van der Waals surface area contributed by atoms with Gasteiger partial charge < -0.3 is 35.4 Å². The minimum atomic E-state index is -4.94. The molecule has 0 aliphatic rings. The van der Waals surface area contributed by atoms with Crippen LogP contribution in [0.4, 0.5) is 0 Å². The van der Waals surface area contributed by atoms with Crippen LogP contribution < -0.4 is 82.0 Å². The first-order valence-corrected chi connectivity index (χ1v) is 18.7. The Labute approximate surface area is 342 Å². The van der Waals surface area contributed by atoms with Crippen LogP contribution in [0.3, 0.4) is 0 Å². The van der Waals surface area contributed by atoms with E-state index in [2.05, 4.69) is 111 Å². The van der Waals surface area contributed by atoms with Crippen LogP contribution in [0.15, 0.2) is 110 Å². The molecule has 0 bridgehead atoms. The van der Waals surface area contributed by atoms with E-state index in [1.165, 1.54) is 5.56 Å². The van der Waals surface area contributed by atoms with Crippen molar-refractivity contribution in [2.75, 3.05) is 0 Å². The van der Waals surface area contributed by atoms with E-state index in [1.807, 2.05) is 49.1 Å². The molecule has 5 aromatic rings. The predicted molar refractivity (Wildman–Crippen MR) is 168 cm³/mol. The molecule has 0 unspecified atom stereocenters. The summed E-state index contributed by atoms with van der Waals surface area (Å²) in [4.78, 5) is 18.2. The van der Waals surface area contributed by atoms with Crippen LogP contribution >= 0.6 is 0 Å². The molecule has 0 spiro atoms. The number of pyridine rings is 4. The molecule has 0 fully saturated rings. The van der Waals surface area contributed by atoms with Crippen molar-refractivity contribution < 1.29 is 113 Å². The first kappa shape index (κ1) is 52.3. The van der Waals surface area contributed by atoms with Gasteiger partial charge in [-0.25, -0.2) is 57.2 Å². The molecule has 0 aliphatic carbocycles. The van der Waals surface area contributed by atoms with Gasteiger partial charge in [-0.1, -0.05) is 57.2 Å². The largest absolute Gasteiger partial charge is 1.00 e. The van der Waals surface area contributed by atoms with Crippen molar-refractivity contribution >= 4 is 0 Å². The quantitative estimate of drug-likeness (QED) is 0.123. The molecule has 20 heteroatoms.